The highest BCUT2D eigenvalue weighted by Gasteiger charge is 2.39. The van der Waals surface area contributed by atoms with Crippen molar-refractivity contribution in [3.05, 3.63) is 114 Å². The number of piperidine rings is 1. The van der Waals surface area contributed by atoms with Gasteiger partial charge in [-0.05, 0) is 30.0 Å². The average molecular weight is 559 g/mol. The van der Waals surface area contributed by atoms with Crippen LogP contribution in [0.2, 0.25) is 0 Å². The second-order valence-corrected chi connectivity index (χ2v) is 10.7. The van der Waals surface area contributed by atoms with Gasteiger partial charge in [0.2, 0.25) is 5.91 Å². The smallest absolute Gasteiger partial charge is 0.270 e. The van der Waals surface area contributed by atoms with Gasteiger partial charge < -0.3 is 20.5 Å². The third kappa shape index (κ3) is 5.48. The minimum absolute atomic E-state index is 0.0480. The highest BCUT2D eigenvalue weighted by atomic mass is 16.2. The molecule has 1 fully saturated rings. The molecule has 0 saturated carbocycles. The lowest BCUT2D eigenvalue weighted by Crippen LogP contribution is -2.45. The fraction of sp³-hybridized carbons (Fsp3) is 0.235. The van der Waals surface area contributed by atoms with E-state index in [0.717, 1.165) is 23.8 Å². The van der Waals surface area contributed by atoms with E-state index in [0.29, 0.717) is 49.2 Å². The molecule has 42 heavy (non-hydrogen) atoms. The Kier molecular flexibility index (Phi) is 7.68. The first-order chi connectivity index (χ1) is 20.5. The van der Waals surface area contributed by atoms with E-state index in [9.17, 15) is 9.59 Å². The van der Waals surface area contributed by atoms with E-state index in [1.54, 1.807) is 0 Å². The van der Waals surface area contributed by atoms with Crippen LogP contribution in [0.15, 0.2) is 97.1 Å². The maximum absolute atomic E-state index is 13.8. The molecule has 0 bridgehead atoms. The summed E-state index contributed by atoms with van der Waals surface area (Å²) in [5, 5.41) is 6.85. The Bertz CT molecular complexity index is 1640. The van der Waals surface area contributed by atoms with Crippen LogP contribution >= 0.6 is 0 Å². The number of anilines is 1. The number of nitrogens with one attached hydrogen (secondary N) is 3. The summed E-state index contributed by atoms with van der Waals surface area (Å²) in [6.45, 7) is 3.71. The largest absolute Gasteiger partial charge is 0.368 e. The zero-order valence-electron chi connectivity index (χ0n) is 23.6. The highest BCUT2D eigenvalue weighted by molar-refractivity contribution is 6.00. The lowest BCUT2D eigenvalue weighted by molar-refractivity contribution is -0.118. The van der Waals surface area contributed by atoms with Crippen molar-refractivity contribution in [1.29, 1.82) is 0 Å². The van der Waals surface area contributed by atoms with Gasteiger partial charge in [-0.2, -0.15) is 0 Å². The van der Waals surface area contributed by atoms with E-state index in [4.69, 9.17) is 9.97 Å². The van der Waals surface area contributed by atoms with Gasteiger partial charge >= 0.3 is 0 Å². The lowest BCUT2D eigenvalue weighted by Gasteiger charge is -2.42. The SMILES string of the molecule is CC(=O)NCCNc1nc(-c2ccccc2)nc2[nH]c(C(=O)N3CCC(c4ccccc4)(c4ccccc4)CC3)cc12. The van der Waals surface area contributed by atoms with Crippen molar-refractivity contribution in [2.24, 2.45) is 0 Å². The summed E-state index contributed by atoms with van der Waals surface area (Å²) in [5.74, 6) is 1.03. The molecular formula is C34H34N6O2. The van der Waals surface area contributed by atoms with E-state index < -0.39 is 0 Å². The van der Waals surface area contributed by atoms with Crippen LogP contribution in [0.3, 0.4) is 0 Å². The minimum atomic E-state index is -0.138. The van der Waals surface area contributed by atoms with E-state index in [-0.39, 0.29) is 17.2 Å². The van der Waals surface area contributed by atoms with Crippen LogP contribution in [0.4, 0.5) is 5.82 Å². The van der Waals surface area contributed by atoms with E-state index in [1.807, 2.05) is 53.4 Å². The van der Waals surface area contributed by atoms with E-state index in [1.165, 1.54) is 18.1 Å². The Morgan fingerprint density at radius 2 is 1.43 bits per heavy atom. The van der Waals surface area contributed by atoms with Crippen LogP contribution in [0.5, 0.6) is 0 Å². The number of H-pyrrole nitrogens is 1. The molecule has 3 N–H and O–H groups in total. The van der Waals surface area contributed by atoms with Crippen molar-refractivity contribution in [3.63, 3.8) is 0 Å². The Labute approximate surface area is 245 Å². The molecule has 1 aliphatic rings. The maximum Gasteiger partial charge on any atom is 0.270 e. The second-order valence-electron chi connectivity index (χ2n) is 10.7. The van der Waals surface area contributed by atoms with Gasteiger partial charge in [-0.3, -0.25) is 9.59 Å². The molecule has 0 aliphatic carbocycles. The maximum atomic E-state index is 13.8. The van der Waals surface area contributed by atoms with Gasteiger partial charge in [0, 0.05) is 44.1 Å². The molecule has 1 saturated heterocycles. The molecule has 0 spiro atoms. The molecule has 1 aliphatic heterocycles. The van der Waals surface area contributed by atoms with Crippen molar-refractivity contribution in [2.45, 2.75) is 25.2 Å². The molecule has 212 valence electrons. The Morgan fingerprint density at radius 1 is 0.833 bits per heavy atom. The monoisotopic (exact) mass is 558 g/mol. The molecule has 8 nitrogen and oxygen atoms in total. The summed E-state index contributed by atoms with van der Waals surface area (Å²) in [7, 11) is 0. The number of nitrogens with zero attached hydrogens (tertiary/aromatic N) is 3. The lowest BCUT2D eigenvalue weighted by atomic mass is 9.68. The number of rotatable bonds is 8. The van der Waals surface area contributed by atoms with Crippen molar-refractivity contribution < 1.29 is 9.59 Å². The molecule has 0 unspecified atom stereocenters. The van der Waals surface area contributed by atoms with Crippen LogP contribution in [0.1, 0.15) is 41.4 Å². The molecular weight excluding hydrogens is 524 g/mol. The molecule has 8 heteroatoms. The van der Waals surface area contributed by atoms with Gasteiger partial charge in [0.25, 0.3) is 5.91 Å². The van der Waals surface area contributed by atoms with Crippen LogP contribution in [0.25, 0.3) is 22.4 Å². The first kappa shape index (κ1) is 27.2. The standard InChI is InChI=1S/C34H34N6O2/c1-24(41)35-19-20-36-31-28-23-29(37-32(28)39-30(38-31)25-11-5-2-6-12-25)33(42)40-21-17-34(18-22-40,26-13-7-3-8-14-26)27-15-9-4-10-16-27/h2-16,23H,17-22H2,1H3,(H,35,41)(H2,36,37,38,39). The second kappa shape index (κ2) is 11.9. The van der Waals surface area contributed by atoms with Gasteiger partial charge in [-0.25, -0.2) is 9.97 Å². The van der Waals surface area contributed by atoms with Gasteiger partial charge in [-0.1, -0.05) is 91.0 Å². The Hall–Kier alpha value is -4.98. The van der Waals surface area contributed by atoms with Crippen LogP contribution in [0, 0.1) is 0 Å². The number of hydrogen-bond acceptors (Lipinski definition) is 5. The van der Waals surface area contributed by atoms with Crippen molar-refractivity contribution >= 4 is 28.7 Å². The van der Waals surface area contributed by atoms with Gasteiger partial charge in [0.05, 0.1) is 5.39 Å². The van der Waals surface area contributed by atoms with E-state index in [2.05, 4.69) is 64.1 Å². The Morgan fingerprint density at radius 3 is 2.02 bits per heavy atom. The first-order valence-corrected chi connectivity index (χ1v) is 14.4. The van der Waals surface area contributed by atoms with Crippen molar-refractivity contribution in [2.75, 3.05) is 31.5 Å². The molecule has 3 heterocycles. The fourth-order valence-electron chi connectivity index (χ4n) is 5.92. The third-order valence-electron chi connectivity index (χ3n) is 8.10. The number of aromatic nitrogens is 3. The molecule has 2 aromatic heterocycles. The predicted molar refractivity (Wildman–Crippen MR) is 165 cm³/mol. The van der Waals surface area contributed by atoms with E-state index >= 15 is 0 Å². The third-order valence-corrected chi connectivity index (χ3v) is 8.10. The first-order valence-electron chi connectivity index (χ1n) is 14.4. The number of hydrogen-bond donors (Lipinski definition) is 3. The van der Waals surface area contributed by atoms with Gasteiger partial charge in [-0.15, -0.1) is 0 Å². The van der Waals surface area contributed by atoms with Crippen LogP contribution in [-0.2, 0) is 10.2 Å². The summed E-state index contributed by atoms with van der Waals surface area (Å²) in [6.07, 6.45) is 1.67. The van der Waals surface area contributed by atoms with Crippen LogP contribution < -0.4 is 10.6 Å². The zero-order chi connectivity index (χ0) is 28.9. The van der Waals surface area contributed by atoms with Crippen molar-refractivity contribution in [1.82, 2.24) is 25.2 Å². The number of carbonyl (C=O) groups is 2. The van der Waals surface area contributed by atoms with Crippen molar-refractivity contribution in [3.8, 4) is 11.4 Å². The summed E-state index contributed by atoms with van der Waals surface area (Å²) in [5.41, 5.74) is 4.39. The van der Waals surface area contributed by atoms with Gasteiger partial charge in [0.15, 0.2) is 5.82 Å². The number of fused-ring (bicyclic) bond motifs is 1. The number of amides is 2. The summed E-state index contributed by atoms with van der Waals surface area (Å²) < 4.78 is 0. The molecule has 0 radical (unpaired) electrons. The van der Waals surface area contributed by atoms with Gasteiger partial charge in [0.1, 0.15) is 17.2 Å². The Balaban J connectivity index is 1.27. The van der Waals surface area contributed by atoms with Crippen LogP contribution in [-0.4, -0.2) is 57.8 Å². The normalized spacial score (nSPS) is 14.5. The number of carbonyl (C=O) groups excluding carboxylic acids is 2. The predicted octanol–water partition coefficient (Wildman–Crippen LogP) is 5.40. The number of aromatic amines is 1. The number of likely N-dealkylation sites (tertiary alicyclic amines) is 1. The summed E-state index contributed by atoms with van der Waals surface area (Å²) in [6, 6.07) is 32.8. The molecule has 6 rings (SSSR count). The number of benzene rings is 3. The average Bonchev–Trinajstić information content (AvgIpc) is 3.48. The summed E-state index contributed by atoms with van der Waals surface area (Å²) >= 11 is 0. The molecule has 5 aromatic rings. The minimum Gasteiger partial charge on any atom is -0.368 e. The quantitative estimate of drug-likeness (QED) is 0.222. The topological polar surface area (TPSA) is 103 Å². The fourth-order valence-corrected chi connectivity index (χ4v) is 5.92. The molecule has 0 atom stereocenters. The highest BCUT2D eigenvalue weighted by Crippen LogP contribution is 2.42. The zero-order valence-corrected chi connectivity index (χ0v) is 23.6. The molecule has 3 aromatic carbocycles. The summed E-state index contributed by atoms with van der Waals surface area (Å²) in [4.78, 5) is 39.9. The molecule has 2 amide bonds.